The topological polar surface area (TPSA) is 43.3 Å². The Morgan fingerprint density at radius 1 is 1.25 bits per heavy atom. The van der Waals surface area contributed by atoms with Crippen LogP contribution in [-0.4, -0.2) is 9.38 Å². The highest BCUT2D eigenvalue weighted by Crippen LogP contribution is 2.19. The first-order valence-electron chi connectivity index (χ1n) is 5.35. The molecule has 2 heterocycles. The summed E-state index contributed by atoms with van der Waals surface area (Å²) >= 11 is 0. The van der Waals surface area contributed by atoms with Crippen LogP contribution in [0.4, 0.5) is 0 Å². The Balaban J connectivity index is 2.54. The van der Waals surface area contributed by atoms with Crippen molar-refractivity contribution < 1.29 is 0 Å². The highest BCUT2D eigenvalue weighted by atomic mass is 15.0. The van der Waals surface area contributed by atoms with E-state index in [-0.39, 0.29) is 0 Å². The maximum absolute atomic E-state index is 5.73. The zero-order valence-corrected chi connectivity index (χ0v) is 9.14. The molecule has 1 aromatic carbocycles. The number of nitrogens with zero attached hydrogens (tertiary/aromatic N) is 2. The summed E-state index contributed by atoms with van der Waals surface area (Å²) in [6.07, 6.45) is 1.84. The van der Waals surface area contributed by atoms with Crippen molar-refractivity contribution in [3.05, 3.63) is 47.8 Å². The number of benzene rings is 1. The van der Waals surface area contributed by atoms with Crippen molar-refractivity contribution in [2.24, 2.45) is 5.73 Å². The van der Waals surface area contributed by atoms with Gasteiger partial charge in [0.2, 0.25) is 0 Å². The van der Waals surface area contributed by atoms with Gasteiger partial charge in [0.1, 0.15) is 5.65 Å². The molecule has 0 saturated heterocycles. The Hall–Kier alpha value is -1.87. The van der Waals surface area contributed by atoms with Crippen molar-refractivity contribution in [1.29, 1.82) is 0 Å². The first kappa shape index (κ1) is 9.36. The molecule has 0 saturated carbocycles. The molecule has 2 aromatic heterocycles. The van der Waals surface area contributed by atoms with Crippen molar-refractivity contribution in [3.8, 4) is 0 Å². The molecule has 3 rings (SSSR count). The van der Waals surface area contributed by atoms with Gasteiger partial charge in [-0.2, -0.15) is 0 Å². The minimum Gasteiger partial charge on any atom is -0.325 e. The molecule has 16 heavy (non-hydrogen) atoms. The summed E-state index contributed by atoms with van der Waals surface area (Å²) in [7, 11) is 0. The lowest BCUT2D eigenvalue weighted by Crippen LogP contribution is -2.01. The van der Waals surface area contributed by atoms with Crippen molar-refractivity contribution in [1.82, 2.24) is 9.38 Å². The largest absolute Gasteiger partial charge is 0.325 e. The van der Waals surface area contributed by atoms with Crippen LogP contribution in [0.5, 0.6) is 0 Å². The van der Waals surface area contributed by atoms with Crippen LogP contribution in [-0.2, 0) is 6.54 Å². The van der Waals surface area contributed by atoms with Gasteiger partial charge in [-0.15, -0.1) is 0 Å². The average Bonchev–Trinajstić information content (AvgIpc) is 2.72. The van der Waals surface area contributed by atoms with Gasteiger partial charge in [0.25, 0.3) is 0 Å². The van der Waals surface area contributed by atoms with Crippen molar-refractivity contribution in [3.63, 3.8) is 0 Å². The molecule has 3 aromatic rings. The summed E-state index contributed by atoms with van der Waals surface area (Å²) in [4.78, 5) is 4.35. The molecular weight excluding hydrogens is 198 g/mol. The zero-order valence-electron chi connectivity index (χ0n) is 9.14. The molecule has 0 atom stereocenters. The molecule has 0 aliphatic heterocycles. The first-order chi connectivity index (χ1) is 7.79. The van der Waals surface area contributed by atoms with E-state index in [2.05, 4.69) is 40.6 Å². The highest BCUT2D eigenvalue weighted by molar-refractivity contribution is 5.82. The maximum atomic E-state index is 5.73. The van der Waals surface area contributed by atoms with Crippen LogP contribution in [0.2, 0.25) is 0 Å². The molecular formula is C13H13N3. The minimum atomic E-state index is 0.508. The second-order valence-corrected chi connectivity index (χ2v) is 4.04. The number of fused-ring (bicyclic) bond motifs is 3. The van der Waals surface area contributed by atoms with Crippen LogP contribution in [0.1, 0.15) is 11.3 Å². The van der Waals surface area contributed by atoms with E-state index in [1.165, 1.54) is 16.5 Å². The van der Waals surface area contributed by atoms with Crippen LogP contribution >= 0.6 is 0 Å². The van der Waals surface area contributed by atoms with Gasteiger partial charge in [-0.25, -0.2) is 4.98 Å². The summed E-state index contributed by atoms with van der Waals surface area (Å²) in [6, 6.07) is 10.5. The van der Waals surface area contributed by atoms with E-state index in [1.807, 2.05) is 12.3 Å². The normalized spacial score (nSPS) is 11.4. The Kier molecular flexibility index (Phi) is 1.94. The summed E-state index contributed by atoms with van der Waals surface area (Å²) in [5.74, 6) is 0. The van der Waals surface area contributed by atoms with Gasteiger partial charge in [-0.3, -0.25) is 4.40 Å². The lowest BCUT2D eigenvalue weighted by atomic mass is 10.1. The molecule has 3 nitrogen and oxygen atoms in total. The van der Waals surface area contributed by atoms with Crippen LogP contribution in [0, 0.1) is 6.92 Å². The van der Waals surface area contributed by atoms with Gasteiger partial charge in [0.15, 0.2) is 0 Å². The smallest absolute Gasteiger partial charge is 0.137 e. The standard InChI is InChI=1S/C13H13N3/c1-9-2-3-10-4-5-13-15-8-11(7-14)16(13)12(10)6-9/h2-6,8H,7,14H2,1H3. The Labute approximate surface area is 93.5 Å². The molecule has 80 valence electrons. The third-order valence-corrected chi connectivity index (χ3v) is 2.91. The average molecular weight is 211 g/mol. The van der Waals surface area contributed by atoms with Crippen LogP contribution < -0.4 is 5.73 Å². The number of hydrogen-bond donors (Lipinski definition) is 1. The zero-order chi connectivity index (χ0) is 11.1. The predicted molar refractivity (Wildman–Crippen MR) is 65.3 cm³/mol. The third kappa shape index (κ3) is 1.22. The van der Waals surface area contributed by atoms with Gasteiger partial charge in [0, 0.05) is 6.54 Å². The van der Waals surface area contributed by atoms with E-state index >= 15 is 0 Å². The van der Waals surface area contributed by atoms with Crippen molar-refractivity contribution >= 4 is 16.6 Å². The quantitative estimate of drug-likeness (QED) is 0.671. The van der Waals surface area contributed by atoms with Gasteiger partial charge in [-0.1, -0.05) is 12.1 Å². The maximum Gasteiger partial charge on any atom is 0.137 e. The molecule has 0 aliphatic carbocycles. The number of aromatic nitrogens is 2. The molecule has 0 amide bonds. The van der Waals surface area contributed by atoms with E-state index < -0.39 is 0 Å². The highest BCUT2D eigenvalue weighted by Gasteiger charge is 2.05. The fraction of sp³-hybridized carbons (Fsp3) is 0.154. The fourth-order valence-electron chi connectivity index (χ4n) is 2.10. The number of rotatable bonds is 1. The Morgan fingerprint density at radius 3 is 2.88 bits per heavy atom. The predicted octanol–water partition coefficient (Wildman–Crippen LogP) is 2.25. The number of imidazole rings is 1. The number of aryl methyl sites for hydroxylation is 1. The van der Waals surface area contributed by atoms with Gasteiger partial charge < -0.3 is 5.73 Å². The summed E-state index contributed by atoms with van der Waals surface area (Å²) in [6.45, 7) is 2.60. The van der Waals surface area contributed by atoms with E-state index in [0.717, 1.165) is 11.3 Å². The monoisotopic (exact) mass is 211 g/mol. The van der Waals surface area contributed by atoms with Crippen molar-refractivity contribution in [2.45, 2.75) is 13.5 Å². The summed E-state index contributed by atoms with van der Waals surface area (Å²) in [5, 5.41) is 1.21. The lowest BCUT2D eigenvalue weighted by Gasteiger charge is -2.05. The second-order valence-electron chi connectivity index (χ2n) is 4.04. The molecule has 3 heteroatoms. The molecule has 0 bridgehead atoms. The molecule has 0 unspecified atom stereocenters. The van der Waals surface area contributed by atoms with E-state index in [9.17, 15) is 0 Å². The Morgan fingerprint density at radius 2 is 2.06 bits per heavy atom. The third-order valence-electron chi connectivity index (χ3n) is 2.91. The van der Waals surface area contributed by atoms with Gasteiger partial charge >= 0.3 is 0 Å². The number of hydrogen-bond acceptors (Lipinski definition) is 2. The van der Waals surface area contributed by atoms with E-state index in [1.54, 1.807) is 0 Å². The lowest BCUT2D eigenvalue weighted by molar-refractivity contribution is 0.979. The first-order valence-corrected chi connectivity index (χ1v) is 5.35. The van der Waals surface area contributed by atoms with Gasteiger partial charge in [0.05, 0.1) is 17.4 Å². The van der Waals surface area contributed by atoms with Crippen molar-refractivity contribution in [2.75, 3.05) is 0 Å². The van der Waals surface area contributed by atoms with E-state index in [4.69, 9.17) is 5.73 Å². The van der Waals surface area contributed by atoms with Crippen LogP contribution in [0.25, 0.3) is 16.6 Å². The van der Waals surface area contributed by atoms with Crippen LogP contribution in [0.3, 0.4) is 0 Å². The molecule has 0 fully saturated rings. The molecule has 2 N–H and O–H groups in total. The SMILES string of the molecule is Cc1ccc2ccc3ncc(CN)n3c2c1. The second kappa shape index (κ2) is 3.32. The Bertz CT molecular complexity index is 667. The van der Waals surface area contributed by atoms with Gasteiger partial charge in [-0.05, 0) is 36.1 Å². The summed E-state index contributed by atoms with van der Waals surface area (Å²) in [5.41, 5.74) is 10.2. The van der Waals surface area contributed by atoms with Crippen LogP contribution in [0.15, 0.2) is 36.5 Å². The molecule has 0 aliphatic rings. The molecule has 0 spiro atoms. The number of pyridine rings is 1. The minimum absolute atomic E-state index is 0.508. The molecule has 0 radical (unpaired) electrons. The summed E-state index contributed by atoms with van der Waals surface area (Å²) < 4.78 is 2.13. The number of nitrogens with two attached hydrogens (primary N) is 1. The fourth-order valence-corrected chi connectivity index (χ4v) is 2.10. The van der Waals surface area contributed by atoms with E-state index in [0.29, 0.717) is 6.54 Å².